The minimum atomic E-state index is 0.540. The molecule has 34 heavy (non-hydrogen) atoms. The van der Waals surface area contributed by atoms with Crippen LogP contribution in [0.3, 0.4) is 0 Å². The molecule has 5 aromatic rings. The van der Waals surface area contributed by atoms with Gasteiger partial charge in [-0.15, -0.1) is 0 Å². The number of aromatic amines is 1. The highest BCUT2D eigenvalue weighted by Crippen LogP contribution is 2.34. The van der Waals surface area contributed by atoms with Gasteiger partial charge in [0, 0.05) is 28.4 Å². The van der Waals surface area contributed by atoms with Gasteiger partial charge in [0.1, 0.15) is 17.1 Å². The van der Waals surface area contributed by atoms with Gasteiger partial charge in [-0.05, 0) is 60.5 Å². The number of nitrogens with one attached hydrogen (secondary N) is 1. The third kappa shape index (κ3) is 4.03. The fourth-order valence-electron chi connectivity index (χ4n) is 4.13. The number of hydrogen-bond acceptors (Lipinski definition) is 3. The average molecular weight is 487 g/mol. The monoisotopic (exact) mass is 486 g/mol. The van der Waals surface area contributed by atoms with Gasteiger partial charge < -0.3 is 14.3 Å². The molecule has 0 radical (unpaired) electrons. The Morgan fingerprint density at radius 3 is 2.53 bits per heavy atom. The molecular weight excluding hydrogens is 467 g/mol. The summed E-state index contributed by atoms with van der Waals surface area (Å²) in [5, 5.41) is 10.7. The average Bonchev–Trinajstić information content (AvgIpc) is 3.40. The lowest BCUT2D eigenvalue weighted by atomic mass is 10.1. The van der Waals surface area contributed by atoms with E-state index in [1.807, 2.05) is 48.7 Å². The Labute approximate surface area is 207 Å². The van der Waals surface area contributed by atoms with Crippen LogP contribution in [0.25, 0.3) is 28.1 Å². The first kappa shape index (κ1) is 22.1. The number of methoxy groups -OCH3 is 1. The van der Waals surface area contributed by atoms with E-state index in [0.717, 1.165) is 39.1 Å². The van der Waals surface area contributed by atoms with Gasteiger partial charge in [-0.3, -0.25) is 0 Å². The fraction of sp³-hybridized carbons (Fsp3) is 0.111. The maximum Gasteiger partial charge on any atom is 0.142 e. The van der Waals surface area contributed by atoms with Crippen LogP contribution in [-0.2, 0) is 6.42 Å². The first-order valence-electron chi connectivity index (χ1n) is 10.7. The van der Waals surface area contributed by atoms with Crippen LogP contribution in [0, 0.1) is 18.3 Å². The third-order valence-corrected chi connectivity index (χ3v) is 6.34. The van der Waals surface area contributed by atoms with Crippen LogP contribution in [-0.4, -0.2) is 21.6 Å². The topological polar surface area (TPSA) is 66.6 Å². The predicted octanol–water partition coefficient (Wildman–Crippen LogP) is 7.11. The molecule has 2 aromatic heterocycles. The van der Waals surface area contributed by atoms with Crippen LogP contribution in [0.2, 0.25) is 10.0 Å². The number of nitriles is 1. The smallest absolute Gasteiger partial charge is 0.142 e. The summed E-state index contributed by atoms with van der Waals surface area (Å²) in [5.41, 5.74) is 7.21. The van der Waals surface area contributed by atoms with Gasteiger partial charge in [-0.1, -0.05) is 41.4 Å². The minimum Gasteiger partial charge on any atom is -0.496 e. The number of rotatable bonds is 5. The van der Waals surface area contributed by atoms with E-state index >= 15 is 0 Å². The molecule has 0 aliphatic rings. The summed E-state index contributed by atoms with van der Waals surface area (Å²) >= 11 is 12.5. The summed E-state index contributed by atoms with van der Waals surface area (Å²) in [6.07, 6.45) is 2.68. The maximum absolute atomic E-state index is 9.37. The van der Waals surface area contributed by atoms with Crippen LogP contribution in [0.4, 0.5) is 0 Å². The second kappa shape index (κ2) is 8.90. The van der Waals surface area contributed by atoms with Gasteiger partial charge in [0.15, 0.2) is 0 Å². The number of aryl methyl sites for hydroxylation is 1. The fourth-order valence-corrected chi connectivity index (χ4v) is 4.43. The van der Waals surface area contributed by atoms with E-state index in [1.54, 1.807) is 25.3 Å². The minimum absolute atomic E-state index is 0.540. The molecule has 0 amide bonds. The zero-order valence-electron chi connectivity index (χ0n) is 18.6. The zero-order chi connectivity index (χ0) is 23.8. The van der Waals surface area contributed by atoms with E-state index in [2.05, 4.69) is 22.5 Å². The molecule has 0 aliphatic carbocycles. The molecule has 7 heteroatoms. The van der Waals surface area contributed by atoms with Crippen LogP contribution in [0.5, 0.6) is 5.75 Å². The van der Waals surface area contributed by atoms with Crippen LogP contribution in [0.1, 0.15) is 22.4 Å². The van der Waals surface area contributed by atoms with Gasteiger partial charge in [0.25, 0.3) is 0 Å². The van der Waals surface area contributed by atoms with Crippen LogP contribution >= 0.6 is 23.2 Å². The summed E-state index contributed by atoms with van der Waals surface area (Å²) in [6, 6.07) is 21.1. The number of fused-ring (bicyclic) bond motifs is 1. The molecule has 0 bridgehead atoms. The van der Waals surface area contributed by atoms with E-state index in [0.29, 0.717) is 33.6 Å². The molecule has 0 aliphatic heterocycles. The number of H-pyrrole nitrogens is 1. The molecular formula is C27H20Cl2N4O. The number of benzene rings is 3. The van der Waals surface area contributed by atoms with E-state index in [9.17, 15) is 5.26 Å². The van der Waals surface area contributed by atoms with E-state index in [-0.39, 0.29) is 0 Å². The highest BCUT2D eigenvalue weighted by molar-refractivity contribution is 6.31. The number of nitrogens with zero attached hydrogens (tertiary/aromatic N) is 3. The van der Waals surface area contributed by atoms with Crippen molar-refractivity contribution < 1.29 is 4.74 Å². The lowest BCUT2D eigenvalue weighted by Gasteiger charge is -2.13. The standard InChI is InChI=1S/C27H20Cl2N4O/c1-16-3-7-20(29)13-23(16)33-15-22-26(24(33)12-17-4-8-19(28)9-5-17)32-27(31-22)21-11-18(14-30)6-10-25(21)34-2/h3-11,13,15H,12H2,1-2H3,(H,31,32). The Bertz CT molecular complexity index is 1560. The molecule has 0 saturated carbocycles. The maximum atomic E-state index is 9.37. The van der Waals surface area contributed by atoms with Crippen LogP contribution in [0.15, 0.2) is 66.9 Å². The van der Waals surface area contributed by atoms with Crippen molar-refractivity contribution in [3.63, 3.8) is 0 Å². The number of hydrogen-bond donors (Lipinski definition) is 1. The van der Waals surface area contributed by atoms with Crippen molar-refractivity contribution in [2.24, 2.45) is 0 Å². The second-order valence-electron chi connectivity index (χ2n) is 8.05. The summed E-state index contributed by atoms with van der Waals surface area (Å²) in [4.78, 5) is 8.38. The first-order chi connectivity index (χ1) is 16.5. The van der Waals surface area contributed by atoms with Crippen molar-refractivity contribution in [1.82, 2.24) is 14.5 Å². The Morgan fingerprint density at radius 2 is 1.79 bits per heavy atom. The lowest BCUT2D eigenvalue weighted by molar-refractivity contribution is 0.416. The zero-order valence-corrected chi connectivity index (χ0v) is 20.1. The first-order valence-corrected chi connectivity index (χ1v) is 11.4. The van der Waals surface area contributed by atoms with E-state index in [4.69, 9.17) is 32.9 Å². The number of ether oxygens (including phenoxy) is 1. The summed E-state index contributed by atoms with van der Waals surface area (Å²) in [7, 11) is 1.61. The quantitative estimate of drug-likeness (QED) is 0.287. The number of halogens is 2. The predicted molar refractivity (Wildman–Crippen MR) is 136 cm³/mol. The van der Waals surface area contributed by atoms with E-state index < -0.39 is 0 Å². The Balaban J connectivity index is 1.71. The summed E-state index contributed by atoms with van der Waals surface area (Å²) in [5.74, 6) is 1.29. The molecule has 168 valence electrons. The van der Waals surface area contributed by atoms with Crippen molar-refractivity contribution in [1.29, 1.82) is 5.26 Å². The van der Waals surface area contributed by atoms with Gasteiger partial charge in [0.05, 0.1) is 35.5 Å². The summed E-state index contributed by atoms with van der Waals surface area (Å²) in [6.45, 7) is 2.06. The lowest BCUT2D eigenvalue weighted by Crippen LogP contribution is -2.03. The SMILES string of the molecule is COc1ccc(C#N)cc1-c1nc2c(Cc3ccc(Cl)cc3)n(-c3cc(Cl)ccc3C)cc2[nH]1. The Hall–Kier alpha value is -3.72. The molecule has 3 aromatic carbocycles. The highest BCUT2D eigenvalue weighted by atomic mass is 35.5. The van der Waals surface area contributed by atoms with Gasteiger partial charge >= 0.3 is 0 Å². The molecule has 0 spiro atoms. The third-order valence-electron chi connectivity index (χ3n) is 5.85. The molecule has 0 fully saturated rings. The van der Waals surface area contributed by atoms with Crippen molar-refractivity contribution in [2.45, 2.75) is 13.3 Å². The number of imidazole rings is 1. The number of aromatic nitrogens is 3. The molecule has 5 rings (SSSR count). The van der Waals surface area contributed by atoms with Gasteiger partial charge in [-0.2, -0.15) is 5.26 Å². The molecule has 1 N–H and O–H groups in total. The molecule has 0 unspecified atom stereocenters. The molecule has 0 atom stereocenters. The largest absolute Gasteiger partial charge is 0.496 e. The molecule has 5 nitrogen and oxygen atoms in total. The Kier molecular flexibility index (Phi) is 5.79. The molecule has 2 heterocycles. The van der Waals surface area contributed by atoms with Crippen molar-refractivity contribution in [2.75, 3.05) is 7.11 Å². The van der Waals surface area contributed by atoms with Crippen molar-refractivity contribution in [3.05, 3.63) is 99.3 Å². The molecule has 0 saturated heterocycles. The van der Waals surface area contributed by atoms with Gasteiger partial charge in [-0.25, -0.2) is 4.98 Å². The van der Waals surface area contributed by atoms with Gasteiger partial charge in [0.2, 0.25) is 0 Å². The van der Waals surface area contributed by atoms with Crippen molar-refractivity contribution in [3.8, 4) is 28.9 Å². The highest BCUT2D eigenvalue weighted by Gasteiger charge is 2.19. The second-order valence-corrected chi connectivity index (χ2v) is 8.93. The van der Waals surface area contributed by atoms with Crippen LogP contribution < -0.4 is 4.74 Å². The van der Waals surface area contributed by atoms with Crippen molar-refractivity contribution >= 4 is 34.2 Å². The summed E-state index contributed by atoms with van der Waals surface area (Å²) < 4.78 is 7.66. The van der Waals surface area contributed by atoms with E-state index in [1.165, 1.54) is 0 Å². The Morgan fingerprint density at radius 1 is 1.03 bits per heavy atom. The normalized spacial score (nSPS) is 11.0.